The SMILES string of the molecule is O=C(COc1ccc(Cl)cc1Cl)NCC(O)(c1ccco1)C1CC1. The van der Waals surface area contributed by atoms with Crippen molar-refractivity contribution in [3.05, 3.63) is 52.4 Å². The largest absolute Gasteiger partial charge is 0.482 e. The van der Waals surface area contributed by atoms with Gasteiger partial charge in [0.2, 0.25) is 0 Å². The number of rotatable bonds is 7. The molecule has 5 nitrogen and oxygen atoms in total. The first-order valence-corrected chi connectivity index (χ1v) is 8.35. The van der Waals surface area contributed by atoms with E-state index in [1.165, 1.54) is 6.26 Å². The van der Waals surface area contributed by atoms with Gasteiger partial charge in [0.25, 0.3) is 5.91 Å². The van der Waals surface area contributed by atoms with E-state index in [2.05, 4.69) is 5.32 Å². The zero-order valence-corrected chi connectivity index (χ0v) is 14.3. The summed E-state index contributed by atoms with van der Waals surface area (Å²) in [7, 11) is 0. The highest BCUT2D eigenvalue weighted by atomic mass is 35.5. The number of halogens is 2. The van der Waals surface area contributed by atoms with E-state index < -0.39 is 5.60 Å². The number of carbonyl (C=O) groups is 1. The quantitative estimate of drug-likeness (QED) is 0.784. The van der Waals surface area contributed by atoms with Crippen molar-refractivity contribution in [2.45, 2.75) is 18.4 Å². The second kappa shape index (κ2) is 7.05. The molecule has 0 radical (unpaired) electrons. The zero-order valence-electron chi connectivity index (χ0n) is 12.8. The first kappa shape index (κ1) is 17.1. The molecule has 0 spiro atoms. The summed E-state index contributed by atoms with van der Waals surface area (Å²) in [5.74, 6) is 0.578. The van der Waals surface area contributed by atoms with Gasteiger partial charge >= 0.3 is 0 Å². The maximum atomic E-state index is 12.0. The fourth-order valence-corrected chi connectivity index (χ4v) is 3.00. The third kappa shape index (κ3) is 3.86. The van der Waals surface area contributed by atoms with Crippen molar-refractivity contribution in [2.24, 2.45) is 5.92 Å². The summed E-state index contributed by atoms with van der Waals surface area (Å²) in [6.45, 7) is -0.137. The van der Waals surface area contributed by atoms with Gasteiger partial charge in [0.1, 0.15) is 17.1 Å². The van der Waals surface area contributed by atoms with Gasteiger partial charge in [-0.2, -0.15) is 0 Å². The van der Waals surface area contributed by atoms with Crippen LogP contribution in [0, 0.1) is 5.92 Å². The van der Waals surface area contributed by atoms with Crippen molar-refractivity contribution in [1.29, 1.82) is 0 Å². The Balaban J connectivity index is 1.55. The van der Waals surface area contributed by atoms with Crippen molar-refractivity contribution in [3.8, 4) is 5.75 Å². The highest BCUT2D eigenvalue weighted by Crippen LogP contribution is 2.45. The highest BCUT2D eigenvalue weighted by molar-refractivity contribution is 6.35. The van der Waals surface area contributed by atoms with Gasteiger partial charge in [0, 0.05) is 5.02 Å². The molecule has 0 saturated heterocycles. The van der Waals surface area contributed by atoms with Crippen molar-refractivity contribution >= 4 is 29.1 Å². The van der Waals surface area contributed by atoms with Gasteiger partial charge in [-0.1, -0.05) is 23.2 Å². The number of nitrogens with one attached hydrogen (secondary N) is 1. The van der Waals surface area contributed by atoms with E-state index in [9.17, 15) is 9.90 Å². The molecule has 24 heavy (non-hydrogen) atoms. The molecular weight excluding hydrogens is 353 g/mol. The Hall–Kier alpha value is -1.69. The monoisotopic (exact) mass is 369 g/mol. The smallest absolute Gasteiger partial charge is 0.258 e. The second-order valence-corrected chi connectivity index (χ2v) is 6.66. The number of aliphatic hydroxyl groups is 1. The Bertz CT molecular complexity index is 715. The Morgan fingerprint density at radius 2 is 2.17 bits per heavy atom. The predicted molar refractivity (Wildman–Crippen MR) is 90.3 cm³/mol. The van der Waals surface area contributed by atoms with Crippen LogP contribution in [-0.4, -0.2) is 24.2 Å². The van der Waals surface area contributed by atoms with Crippen molar-refractivity contribution in [3.63, 3.8) is 0 Å². The Morgan fingerprint density at radius 1 is 1.38 bits per heavy atom. The first-order chi connectivity index (χ1) is 11.5. The summed E-state index contributed by atoms with van der Waals surface area (Å²) in [5, 5.41) is 14.4. The molecule has 1 aromatic heterocycles. The van der Waals surface area contributed by atoms with E-state index in [-0.39, 0.29) is 25.0 Å². The minimum atomic E-state index is -1.18. The molecule has 1 unspecified atom stereocenters. The van der Waals surface area contributed by atoms with Crippen LogP contribution in [0.5, 0.6) is 5.75 Å². The number of hydrogen-bond donors (Lipinski definition) is 2. The third-order valence-electron chi connectivity index (χ3n) is 4.01. The van der Waals surface area contributed by atoms with Crippen LogP contribution in [0.15, 0.2) is 41.0 Å². The van der Waals surface area contributed by atoms with E-state index in [1.54, 1.807) is 30.3 Å². The van der Waals surface area contributed by atoms with E-state index in [1.807, 2.05) is 0 Å². The summed E-state index contributed by atoms with van der Waals surface area (Å²) in [5.41, 5.74) is -1.18. The van der Waals surface area contributed by atoms with Crippen LogP contribution in [0.25, 0.3) is 0 Å². The minimum absolute atomic E-state index is 0.0712. The molecule has 0 bridgehead atoms. The average Bonchev–Trinajstić information content (AvgIpc) is 3.27. The molecule has 1 heterocycles. The van der Waals surface area contributed by atoms with E-state index in [4.69, 9.17) is 32.4 Å². The molecule has 1 atom stereocenters. The number of hydrogen-bond acceptors (Lipinski definition) is 4. The Morgan fingerprint density at radius 3 is 2.79 bits per heavy atom. The second-order valence-electron chi connectivity index (χ2n) is 5.82. The van der Waals surface area contributed by atoms with E-state index >= 15 is 0 Å². The predicted octanol–water partition coefficient (Wildman–Crippen LogP) is 3.38. The summed E-state index contributed by atoms with van der Waals surface area (Å²) < 4.78 is 10.7. The van der Waals surface area contributed by atoms with Crippen LogP contribution in [0.3, 0.4) is 0 Å². The van der Waals surface area contributed by atoms with Crippen LogP contribution in [0.2, 0.25) is 10.0 Å². The molecule has 1 fully saturated rings. The normalized spacial score (nSPS) is 16.5. The fraction of sp³-hybridized carbons (Fsp3) is 0.353. The maximum absolute atomic E-state index is 12.0. The first-order valence-electron chi connectivity index (χ1n) is 7.60. The van der Waals surface area contributed by atoms with Gasteiger partial charge in [0.05, 0.1) is 17.8 Å². The van der Waals surface area contributed by atoms with E-state index in [0.717, 1.165) is 12.8 Å². The highest BCUT2D eigenvalue weighted by Gasteiger charge is 2.47. The standard InChI is InChI=1S/C17H17Cl2NO4/c18-12-5-6-14(13(19)8-12)24-9-16(21)20-10-17(22,11-3-4-11)15-2-1-7-23-15/h1-2,5-8,11,22H,3-4,9-10H2,(H,20,21). The molecule has 7 heteroatoms. The number of furan rings is 1. The molecule has 2 aromatic rings. The lowest BCUT2D eigenvalue weighted by Gasteiger charge is -2.26. The molecule has 1 saturated carbocycles. The molecule has 1 aliphatic carbocycles. The summed E-state index contributed by atoms with van der Waals surface area (Å²) in [4.78, 5) is 12.0. The average molecular weight is 370 g/mol. The van der Waals surface area contributed by atoms with Gasteiger partial charge in [-0.3, -0.25) is 4.79 Å². The van der Waals surface area contributed by atoms with Crippen molar-refractivity contribution in [1.82, 2.24) is 5.32 Å². The fourth-order valence-electron chi connectivity index (χ4n) is 2.54. The van der Waals surface area contributed by atoms with Crippen LogP contribution in [-0.2, 0) is 10.4 Å². The van der Waals surface area contributed by atoms with Crippen LogP contribution >= 0.6 is 23.2 Å². The molecule has 1 amide bonds. The Kier molecular flexibility index (Phi) is 5.04. The van der Waals surface area contributed by atoms with Crippen LogP contribution in [0.4, 0.5) is 0 Å². The van der Waals surface area contributed by atoms with E-state index in [0.29, 0.717) is 21.6 Å². The molecule has 1 aliphatic rings. The third-order valence-corrected chi connectivity index (χ3v) is 4.54. The maximum Gasteiger partial charge on any atom is 0.258 e. The van der Waals surface area contributed by atoms with Gasteiger partial charge in [0.15, 0.2) is 6.61 Å². The van der Waals surface area contributed by atoms with Gasteiger partial charge in [-0.15, -0.1) is 0 Å². The van der Waals surface area contributed by atoms with Crippen LogP contribution in [0.1, 0.15) is 18.6 Å². The van der Waals surface area contributed by atoms with Crippen molar-refractivity contribution in [2.75, 3.05) is 13.2 Å². The number of carbonyl (C=O) groups excluding carboxylic acids is 1. The molecule has 0 aliphatic heterocycles. The minimum Gasteiger partial charge on any atom is -0.482 e. The molecule has 3 rings (SSSR count). The number of benzene rings is 1. The summed E-state index contributed by atoms with van der Waals surface area (Å²) in [6, 6.07) is 8.20. The summed E-state index contributed by atoms with van der Waals surface area (Å²) >= 11 is 11.8. The van der Waals surface area contributed by atoms with Gasteiger partial charge in [-0.05, 0) is 49.1 Å². The topological polar surface area (TPSA) is 71.7 Å². The molecule has 1 aromatic carbocycles. The molecular formula is C17H17Cl2NO4. The lowest BCUT2D eigenvalue weighted by atomic mass is 9.94. The van der Waals surface area contributed by atoms with Gasteiger partial charge < -0.3 is 19.6 Å². The zero-order chi connectivity index (χ0) is 17.2. The number of amides is 1. The molecule has 128 valence electrons. The lowest BCUT2D eigenvalue weighted by Crippen LogP contribution is -2.43. The lowest BCUT2D eigenvalue weighted by molar-refractivity contribution is -0.125. The molecule has 2 N–H and O–H groups in total. The number of ether oxygens (including phenoxy) is 1. The summed E-state index contributed by atoms with van der Waals surface area (Å²) in [6.07, 6.45) is 3.32. The van der Waals surface area contributed by atoms with Crippen molar-refractivity contribution < 1.29 is 19.1 Å². The van der Waals surface area contributed by atoms with Crippen LogP contribution < -0.4 is 10.1 Å². The van der Waals surface area contributed by atoms with Gasteiger partial charge in [-0.25, -0.2) is 0 Å². The Labute approximate surface area is 149 Å².